The molecule has 0 bridgehead atoms. The third kappa shape index (κ3) is 18.9. The van der Waals surface area contributed by atoms with Crippen LogP contribution in [-0.2, 0) is 0 Å². The van der Waals surface area contributed by atoms with Crippen molar-refractivity contribution in [2.45, 2.75) is 26.3 Å². The van der Waals surface area contributed by atoms with Gasteiger partial charge in [0.1, 0.15) is 0 Å². The second-order valence-electron chi connectivity index (χ2n) is 1.39. The van der Waals surface area contributed by atoms with Crippen LogP contribution in [-0.4, -0.2) is 6.04 Å². The van der Waals surface area contributed by atoms with Gasteiger partial charge in [0.2, 0.25) is 0 Å². The Morgan fingerprint density at radius 3 is 1.71 bits per heavy atom. The second-order valence-corrected chi connectivity index (χ2v) is 1.39. The molecular weight excluding hydrogens is 120 g/mol. The van der Waals surface area contributed by atoms with Gasteiger partial charge in [0.15, 0.2) is 0 Å². The van der Waals surface area contributed by atoms with Crippen LogP contribution in [0.15, 0.2) is 0 Å². The Morgan fingerprint density at radius 1 is 1.57 bits per heavy atom. The van der Waals surface area contributed by atoms with Gasteiger partial charge in [-0.15, -0.1) is 0 Å². The van der Waals surface area contributed by atoms with E-state index in [1.807, 2.05) is 6.92 Å². The van der Waals surface area contributed by atoms with Crippen LogP contribution in [0.25, 0.3) is 0 Å². The van der Waals surface area contributed by atoms with Crippen LogP contribution in [0.1, 0.15) is 20.3 Å². The fourth-order valence-electron chi connectivity index (χ4n) is 0. The van der Waals surface area contributed by atoms with E-state index in [0.717, 1.165) is 6.42 Å². The Labute approximate surface area is 73.7 Å². The van der Waals surface area contributed by atoms with Crippen molar-refractivity contribution in [2.75, 3.05) is 0 Å². The molecule has 0 aromatic heterocycles. The summed E-state index contributed by atoms with van der Waals surface area (Å²) in [6, 6.07) is 0.384. The molecule has 3 heteroatoms. The average Bonchev–Trinajstić information content (AvgIpc) is 1.38. The molecular formula is C4H11ClNNa. The van der Waals surface area contributed by atoms with E-state index in [4.69, 9.17) is 5.73 Å². The quantitative estimate of drug-likeness (QED) is 0.354. The van der Waals surface area contributed by atoms with Gasteiger partial charge in [-0.25, -0.2) is 0 Å². The standard InChI is InChI=1S/C4H11N.ClH.Na/c1-3-4(2)5;;/h4H,3,5H2,1-2H3;1H;/q;;+1/p-1. The summed E-state index contributed by atoms with van der Waals surface area (Å²) >= 11 is 0. The molecule has 0 saturated carbocycles. The van der Waals surface area contributed by atoms with Gasteiger partial charge in [0.05, 0.1) is 0 Å². The summed E-state index contributed by atoms with van der Waals surface area (Å²) in [6.07, 6.45) is 1.08. The van der Waals surface area contributed by atoms with Crippen LogP contribution in [0.3, 0.4) is 0 Å². The molecule has 0 amide bonds. The van der Waals surface area contributed by atoms with E-state index in [1.54, 1.807) is 0 Å². The summed E-state index contributed by atoms with van der Waals surface area (Å²) in [7, 11) is 0. The topological polar surface area (TPSA) is 26.0 Å². The summed E-state index contributed by atoms with van der Waals surface area (Å²) in [5.41, 5.74) is 5.29. The van der Waals surface area contributed by atoms with Gasteiger partial charge in [0.25, 0.3) is 0 Å². The molecule has 0 aromatic rings. The minimum atomic E-state index is 0. The van der Waals surface area contributed by atoms with Crippen molar-refractivity contribution >= 4 is 0 Å². The summed E-state index contributed by atoms with van der Waals surface area (Å²) in [6.45, 7) is 4.07. The zero-order valence-corrected chi connectivity index (χ0v) is 8.00. The zero-order chi connectivity index (χ0) is 4.28. The van der Waals surface area contributed by atoms with Crippen LogP contribution < -0.4 is 47.7 Å². The molecule has 0 saturated heterocycles. The van der Waals surface area contributed by atoms with Crippen LogP contribution in [0.2, 0.25) is 0 Å². The Kier molecular flexibility index (Phi) is 23.1. The maximum Gasteiger partial charge on any atom is 1.00 e. The van der Waals surface area contributed by atoms with E-state index >= 15 is 0 Å². The van der Waals surface area contributed by atoms with Crippen LogP contribution in [0, 0.1) is 0 Å². The van der Waals surface area contributed by atoms with Gasteiger partial charge in [-0.1, -0.05) is 6.92 Å². The molecule has 0 aliphatic heterocycles. The average molecular weight is 132 g/mol. The van der Waals surface area contributed by atoms with E-state index in [1.165, 1.54) is 0 Å². The molecule has 1 nitrogen and oxygen atoms in total. The second kappa shape index (κ2) is 10.3. The molecule has 0 radical (unpaired) electrons. The summed E-state index contributed by atoms with van der Waals surface area (Å²) in [5.74, 6) is 0. The first-order valence-electron chi connectivity index (χ1n) is 2.03. The number of hydrogen-bond donors (Lipinski definition) is 1. The molecule has 7 heavy (non-hydrogen) atoms. The molecule has 1 unspecified atom stereocenters. The number of rotatable bonds is 1. The van der Waals surface area contributed by atoms with Crippen molar-refractivity contribution in [3.05, 3.63) is 0 Å². The Morgan fingerprint density at radius 2 is 1.71 bits per heavy atom. The largest absolute Gasteiger partial charge is 1.00 e. The van der Waals surface area contributed by atoms with Gasteiger partial charge in [-0.05, 0) is 13.3 Å². The van der Waals surface area contributed by atoms with Crippen molar-refractivity contribution in [3.8, 4) is 0 Å². The zero-order valence-electron chi connectivity index (χ0n) is 5.24. The molecule has 0 aliphatic carbocycles. The monoisotopic (exact) mass is 131 g/mol. The molecule has 40 valence electrons. The fraction of sp³-hybridized carbons (Fsp3) is 1.00. The maximum atomic E-state index is 5.29. The van der Waals surface area contributed by atoms with E-state index < -0.39 is 0 Å². The SMILES string of the molecule is CCC(C)N.[Cl-].[Na+]. The first-order chi connectivity index (χ1) is 2.27. The Bertz CT molecular complexity index is 25.7. The Balaban J connectivity index is -0.0000000800. The molecule has 0 aliphatic rings. The van der Waals surface area contributed by atoms with Gasteiger partial charge in [-0.3, -0.25) is 0 Å². The maximum absolute atomic E-state index is 5.29. The molecule has 1 atom stereocenters. The third-order valence-corrected chi connectivity index (χ3v) is 0.644. The van der Waals surface area contributed by atoms with Crippen LogP contribution in [0.5, 0.6) is 0 Å². The predicted octanol–water partition coefficient (Wildman–Crippen LogP) is -5.25. The molecule has 0 aromatic carbocycles. The van der Waals surface area contributed by atoms with E-state index in [2.05, 4.69) is 6.92 Å². The van der Waals surface area contributed by atoms with E-state index in [9.17, 15) is 0 Å². The van der Waals surface area contributed by atoms with Crippen LogP contribution in [0.4, 0.5) is 0 Å². The summed E-state index contributed by atoms with van der Waals surface area (Å²) in [4.78, 5) is 0. The number of hydrogen-bond acceptors (Lipinski definition) is 1. The smallest absolute Gasteiger partial charge is 1.00 e. The van der Waals surface area contributed by atoms with Gasteiger partial charge >= 0.3 is 29.6 Å². The van der Waals surface area contributed by atoms with Crippen molar-refractivity contribution in [2.24, 2.45) is 5.73 Å². The van der Waals surface area contributed by atoms with Crippen molar-refractivity contribution in [1.82, 2.24) is 0 Å². The van der Waals surface area contributed by atoms with Crippen molar-refractivity contribution in [1.29, 1.82) is 0 Å². The number of nitrogens with two attached hydrogens (primary N) is 1. The minimum Gasteiger partial charge on any atom is -1.00 e. The summed E-state index contributed by atoms with van der Waals surface area (Å²) < 4.78 is 0. The summed E-state index contributed by atoms with van der Waals surface area (Å²) in [5, 5.41) is 0. The van der Waals surface area contributed by atoms with Crippen molar-refractivity contribution in [3.63, 3.8) is 0 Å². The Hall–Kier alpha value is 1.25. The predicted molar refractivity (Wildman–Crippen MR) is 23.9 cm³/mol. The van der Waals surface area contributed by atoms with E-state index in [-0.39, 0.29) is 42.0 Å². The molecule has 2 N–H and O–H groups in total. The van der Waals surface area contributed by atoms with Gasteiger partial charge < -0.3 is 18.1 Å². The minimum absolute atomic E-state index is 0. The normalized spacial score (nSPS) is 10.7. The number of halogens is 1. The molecule has 0 heterocycles. The van der Waals surface area contributed by atoms with E-state index in [0.29, 0.717) is 6.04 Å². The molecule has 0 spiro atoms. The molecule has 0 rings (SSSR count). The first kappa shape index (κ1) is 15.7. The van der Waals surface area contributed by atoms with Crippen molar-refractivity contribution < 1.29 is 42.0 Å². The van der Waals surface area contributed by atoms with Gasteiger partial charge in [0, 0.05) is 6.04 Å². The first-order valence-corrected chi connectivity index (χ1v) is 2.03. The molecule has 0 fully saturated rings. The fourth-order valence-corrected chi connectivity index (χ4v) is 0. The van der Waals surface area contributed by atoms with Crippen LogP contribution >= 0.6 is 0 Å². The van der Waals surface area contributed by atoms with Gasteiger partial charge in [-0.2, -0.15) is 0 Å². The third-order valence-electron chi connectivity index (χ3n) is 0.644.